The third-order valence-electron chi connectivity index (χ3n) is 4.70. The predicted octanol–water partition coefficient (Wildman–Crippen LogP) is 2.05. The van der Waals surface area contributed by atoms with Gasteiger partial charge in [-0.15, -0.1) is 0 Å². The molecule has 0 spiro atoms. The third-order valence-corrected chi connectivity index (χ3v) is 4.70. The molecule has 0 radical (unpaired) electrons. The maximum absolute atomic E-state index is 13.0. The predicted molar refractivity (Wildman–Crippen MR) is 89.0 cm³/mol. The Bertz CT molecular complexity index is 800. The zero-order valence-corrected chi connectivity index (χ0v) is 13.7. The van der Waals surface area contributed by atoms with Crippen LogP contribution >= 0.6 is 0 Å². The monoisotopic (exact) mass is 311 g/mol. The van der Waals surface area contributed by atoms with Gasteiger partial charge in [-0.3, -0.25) is 14.6 Å². The van der Waals surface area contributed by atoms with E-state index in [1.807, 2.05) is 39.0 Å². The number of nitrogens with two attached hydrogens (primary N) is 1. The lowest BCUT2D eigenvalue weighted by Gasteiger charge is -2.18. The van der Waals surface area contributed by atoms with Gasteiger partial charge < -0.3 is 10.6 Å². The van der Waals surface area contributed by atoms with E-state index >= 15 is 0 Å². The molecule has 1 saturated heterocycles. The van der Waals surface area contributed by atoms with Crippen LogP contribution in [-0.4, -0.2) is 34.8 Å². The van der Waals surface area contributed by atoms with Crippen molar-refractivity contribution in [2.45, 2.75) is 20.8 Å². The van der Waals surface area contributed by atoms with E-state index in [-0.39, 0.29) is 23.7 Å². The largest absolute Gasteiger partial charge is 0.369 e. The van der Waals surface area contributed by atoms with Crippen molar-refractivity contribution in [3.63, 3.8) is 0 Å². The molecule has 1 aromatic carbocycles. The summed E-state index contributed by atoms with van der Waals surface area (Å²) in [5.74, 6) is -0.602. The highest BCUT2D eigenvalue weighted by Gasteiger charge is 2.36. The fourth-order valence-electron chi connectivity index (χ4n) is 3.37. The van der Waals surface area contributed by atoms with E-state index < -0.39 is 0 Å². The van der Waals surface area contributed by atoms with E-state index in [1.165, 1.54) is 0 Å². The first-order chi connectivity index (χ1) is 10.9. The molecule has 2 atom stereocenters. The minimum absolute atomic E-state index is 0.0765. The van der Waals surface area contributed by atoms with Crippen LogP contribution in [0.2, 0.25) is 0 Å². The molecular formula is C18H21N3O2. The van der Waals surface area contributed by atoms with Crippen molar-refractivity contribution in [3.05, 3.63) is 41.1 Å². The summed E-state index contributed by atoms with van der Waals surface area (Å²) in [6.45, 7) is 6.88. The number of amides is 2. The molecular weight excluding hydrogens is 290 g/mol. The van der Waals surface area contributed by atoms with Crippen LogP contribution < -0.4 is 5.73 Å². The number of nitrogens with zero attached hydrogens (tertiary/aromatic N) is 2. The average Bonchev–Trinajstić information content (AvgIpc) is 2.89. The molecule has 23 heavy (non-hydrogen) atoms. The lowest BCUT2D eigenvalue weighted by molar-refractivity contribution is -0.122. The van der Waals surface area contributed by atoms with Gasteiger partial charge in [-0.25, -0.2) is 0 Å². The normalized spacial score (nSPS) is 20.9. The molecule has 1 fully saturated rings. The van der Waals surface area contributed by atoms with E-state index in [2.05, 4.69) is 4.98 Å². The van der Waals surface area contributed by atoms with Gasteiger partial charge in [-0.2, -0.15) is 0 Å². The second-order valence-electron chi connectivity index (χ2n) is 6.53. The molecule has 1 aromatic heterocycles. The Morgan fingerprint density at radius 2 is 2.00 bits per heavy atom. The van der Waals surface area contributed by atoms with E-state index in [9.17, 15) is 9.59 Å². The van der Waals surface area contributed by atoms with Gasteiger partial charge in [0.15, 0.2) is 0 Å². The summed E-state index contributed by atoms with van der Waals surface area (Å²) in [6, 6.07) is 5.86. The SMILES string of the molecule is Cc1cc(C(=O)N2C[C@@H](C)[C@H](C(N)=O)C2)c2nccc(C)c2c1. The summed E-state index contributed by atoms with van der Waals surface area (Å²) in [7, 11) is 0. The number of likely N-dealkylation sites (tertiary alicyclic amines) is 1. The summed E-state index contributed by atoms with van der Waals surface area (Å²) in [6.07, 6.45) is 1.72. The van der Waals surface area contributed by atoms with E-state index in [1.54, 1.807) is 11.1 Å². The fourth-order valence-corrected chi connectivity index (χ4v) is 3.37. The quantitative estimate of drug-likeness (QED) is 0.922. The highest BCUT2D eigenvalue weighted by molar-refractivity contribution is 6.06. The molecule has 0 unspecified atom stereocenters. The summed E-state index contributed by atoms with van der Waals surface area (Å²) in [5, 5.41) is 0.995. The van der Waals surface area contributed by atoms with E-state index in [4.69, 9.17) is 5.73 Å². The first-order valence-electron chi connectivity index (χ1n) is 7.83. The minimum atomic E-state index is -0.337. The van der Waals surface area contributed by atoms with Gasteiger partial charge in [0.1, 0.15) is 0 Å². The Hall–Kier alpha value is -2.43. The molecule has 1 aliphatic rings. The Labute approximate surface area is 135 Å². The zero-order valence-electron chi connectivity index (χ0n) is 13.7. The van der Waals surface area contributed by atoms with Crippen LogP contribution in [0.25, 0.3) is 10.9 Å². The molecule has 0 saturated carbocycles. The average molecular weight is 311 g/mol. The van der Waals surface area contributed by atoms with E-state index in [0.717, 1.165) is 22.0 Å². The number of pyridine rings is 1. The molecule has 120 valence electrons. The third kappa shape index (κ3) is 2.67. The molecule has 0 bridgehead atoms. The molecule has 5 nitrogen and oxygen atoms in total. The van der Waals surface area contributed by atoms with Gasteiger partial charge in [0.2, 0.25) is 5.91 Å². The number of primary amides is 1. The van der Waals surface area contributed by atoms with Gasteiger partial charge in [0.25, 0.3) is 5.91 Å². The van der Waals surface area contributed by atoms with Crippen LogP contribution in [0.5, 0.6) is 0 Å². The number of carbonyl (C=O) groups is 2. The molecule has 3 rings (SSSR count). The maximum atomic E-state index is 13.0. The Morgan fingerprint density at radius 3 is 2.65 bits per heavy atom. The number of benzene rings is 1. The topological polar surface area (TPSA) is 76.3 Å². The highest BCUT2D eigenvalue weighted by atomic mass is 16.2. The summed E-state index contributed by atoms with van der Waals surface area (Å²) in [5.41, 5.74) is 8.87. The lowest BCUT2D eigenvalue weighted by atomic mass is 9.98. The number of fused-ring (bicyclic) bond motifs is 1. The van der Waals surface area contributed by atoms with Gasteiger partial charge in [0.05, 0.1) is 17.0 Å². The molecule has 2 amide bonds. The van der Waals surface area contributed by atoms with Crippen molar-refractivity contribution in [1.29, 1.82) is 0 Å². The minimum Gasteiger partial charge on any atom is -0.369 e. The van der Waals surface area contributed by atoms with Crippen molar-refractivity contribution in [3.8, 4) is 0 Å². The number of hydrogen-bond donors (Lipinski definition) is 1. The molecule has 1 aliphatic heterocycles. The van der Waals surface area contributed by atoms with Crippen molar-refractivity contribution >= 4 is 22.7 Å². The van der Waals surface area contributed by atoms with E-state index in [0.29, 0.717) is 18.7 Å². The number of rotatable bonds is 2. The second kappa shape index (κ2) is 5.65. The fraction of sp³-hybridized carbons (Fsp3) is 0.389. The van der Waals surface area contributed by atoms with Gasteiger partial charge in [0, 0.05) is 24.7 Å². The first-order valence-corrected chi connectivity index (χ1v) is 7.83. The van der Waals surface area contributed by atoms with Crippen molar-refractivity contribution in [1.82, 2.24) is 9.88 Å². The van der Waals surface area contributed by atoms with Crippen molar-refractivity contribution in [2.75, 3.05) is 13.1 Å². The van der Waals surface area contributed by atoms with Crippen LogP contribution in [0.1, 0.15) is 28.4 Å². The van der Waals surface area contributed by atoms with Crippen LogP contribution in [0.3, 0.4) is 0 Å². The molecule has 5 heteroatoms. The summed E-state index contributed by atoms with van der Waals surface area (Å²) >= 11 is 0. The van der Waals surface area contributed by atoms with Crippen LogP contribution in [0.4, 0.5) is 0 Å². The standard InChI is InChI=1S/C18H21N3O2/c1-10-6-13-11(2)4-5-20-16(13)14(7-10)18(23)21-8-12(3)15(9-21)17(19)22/h4-7,12,15H,8-9H2,1-3H3,(H2,19,22)/t12-,15-/m1/s1. The van der Waals surface area contributed by atoms with Crippen LogP contribution in [-0.2, 0) is 4.79 Å². The van der Waals surface area contributed by atoms with Crippen molar-refractivity contribution < 1.29 is 9.59 Å². The van der Waals surface area contributed by atoms with Crippen LogP contribution in [0.15, 0.2) is 24.4 Å². The number of aryl methyl sites for hydroxylation is 2. The van der Waals surface area contributed by atoms with Crippen LogP contribution in [0, 0.1) is 25.7 Å². The molecule has 0 aliphatic carbocycles. The van der Waals surface area contributed by atoms with Gasteiger partial charge >= 0.3 is 0 Å². The second-order valence-corrected chi connectivity index (χ2v) is 6.53. The Balaban J connectivity index is 2.02. The number of carbonyl (C=O) groups excluding carboxylic acids is 2. The van der Waals surface area contributed by atoms with Gasteiger partial charge in [-0.05, 0) is 49.1 Å². The summed E-state index contributed by atoms with van der Waals surface area (Å²) in [4.78, 5) is 30.6. The Kier molecular flexibility index (Phi) is 3.80. The lowest BCUT2D eigenvalue weighted by Crippen LogP contribution is -2.32. The number of hydrogen-bond acceptors (Lipinski definition) is 3. The summed E-state index contributed by atoms with van der Waals surface area (Å²) < 4.78 is 0. The molecule has 2 aromatic rings. The molecule has 2 N–H and O–H groups in total. The first kappa shape index (κ1) is 15.5. The smallest absolute Gasteiger partial charge is 0.256 e. The highest BCUT2D eigenvalue weighted by Crippen LogP contribution is 2.27. The van der Waals surface area contributed by atoms with Gasteiger partial charge in [-0.1, -0.05) is 6.92 Å². The number of aromatic nitrogens is 1. The Morgan fingerprint density at radius 1 is 1.26 bits per heavy atom. The van der Waals surface area contributed by atoms with Crippen molar-refractivity contribution in [2.24, 2.45) is 17.6 Å². The maximum Gasteiger partial charge on any atom is 0.256 e. The zero-order chi connectivity index (χ0) is 16.7. The molecule has 2 heterocycles.